The van der Waals surface area contributed by atoms with E-state index in [1.165, 1.54) is 0 Å². The van der Waals surface area contributed by atoms with Crippen molar-refractivity contribution in [1.29, 1.82) is 0 Å². The highest BCUT2D eigenvalue weighted by molar-refractivity contribution is 5.96. The number of nitrogens with zero attached hydrogens (tertiary/aromatic N) is 1. The van der Waals surface area contributed by atoms with E-state index < -0.39 is 0 Å². The molecule has 4 heteroatoms. The lowest BCUT2D eigenvalue weighted by molar-refractivity contribution is -0.115. The minimum Gasteiger partial charge on any atom is -0.436 e. The first-order valence-corrected chi connectivity index (χ1v) is 9.49. The van der Waals surface area contributed by atoms with Crippen molar-refractivity contribution in [3.8, 4) is 11.5 Å². The Bertz CT molecular complexity index is 1280. The van der Waals surface area contributed by atoms with E-state index >= 15 is 0 Å². The maximum atomic E-state index is 12.6. The fraction of sp³-hybridized carbons (Fsp3) is 0.0400. The highest BCUT2D eigenvalue weighted by atomic mass is 16.3. The summed E-state index contributed by atoms with van der Waals surface area (Å²) in [5.41, 5.74) is 4.22. The van der Waals surface area contributed by atoms with Gasteiger partial charge in [-0.25, -0.2) is 4.98 Å². The summed E-state index contributed by atoms with van der Waals surface area (Å²) in [6.45, 7) is 0. The van der Waals surface area contributed by atoms with E-state index in [1.807, 2.05) is 78.9 Å². The number of hydrogen-bond donors (Lipinski definition) is 1. The first-order valence-electron chi connectivity index (χ1n) is 9.49. The van der Waals surface area contributed by atoms with Gasteiger partial charge in [-0.1, -0.05) is 54.6 Å². The van der Waals surface area contributed by atoms with Crippen molar-refractivity contribution in [2.24, 2.45) is 0 Å². The van der Waals surface area contributed by atoms with Gasteiger partial charge in [-0.05, 0) is 52.7 Å². The molecule has 1 amide bonds. The molecular weight excluding hydrogens is 360 g/mol. The van der Waals surface area contributed by atoms with Gasteiger partial charge in [0.25, 0.3) is 0 Å². The van der Waals surface area contributed by atoms with Gasteiger partial charge in [-0.2, -0.15) is 0 Å². The normalized spacial score (nSPS) is 11.0. The van der Waals surface area contributed by atoms with E-state index in [-0.39, 0.29) is 5.91 Å². The molecule has 0 fully saturated rings. The SMILES string of the molecule is O=C(Cc1cccc2ccccc12)Nc1ccc(-c2nc3ccccc3o2)cc1. The largest absolute Gasteiger partial charge is 0.436 e. The molecular formula is C25H18N2O2. The summed E-state index contributed by atoms with van der Waals surface area (Å²) in [4.78, 5) is 17.1. The predicted molar refractivity (Wildman–Crippen MR) is 116 cm³/mol. The molecule has 0 radical (unpaired) electrons. The Morgan fingerprint density at radius 2 is 1.59 bits per heavy atom. The van der Waals surface area contributed by atoms with Gasteiger partial charge >= 0.3 is 0 Å². The van der Waals surface area contributed by atoms with Gasteiger partial charge in [0, 0.05) is 11.3 Å². The lowest BCUT2D eigenvalue weighted by Crippen LogP contribution is -2.14. The fourth-order valence-electron chi connectivity index (χ4n) is 3.52. The van der Waals surface area contributed by atoms with E-state index in [2.05, 4.69) is 22.4 Å². The summed E-state index contributed by atoms with van der Waals surface area (Å²) in [5, 5.41) is 5.22. The molecule has 0 aliphatic carbocycles. The number of amides is 1. The number of anilines is 1. The maximum Gasteiger partial charge on any atom is 0.228 e. The summed E-state index contributed by atoms with van der Waals surface area (Å²) in [7, 11) is 0. The van der Waals surface area contributed by atoms with Crippen molar-refractivity contribution in [2.75, 3.05) is 5.32 Å². The first kappa shape index (κ1) is 17.2. The van der Waals surface area contributed by atoms with E-state index in [0.29, 0.717) is 12.3 Å². The zero-order chi connectivity index (χ0) is 19.6. The van der Waals surface area contributed by atoms with Gasteiger partial charge in [0.1, 0.15) is 5.52 Å². The van der Waals surface area contributed by atoms with Crippen LogP contribution in [0.1, 0.15) is 5.56 Å². The number of rotatable bonds is 4. The zero-order valence-electron chi connectivity index (χ0n) is 15.6. The van der Waals surface area contributed by atoms with Crippen LogP contribution in [0.2, 0.25) is 0 Å². The summed E-state index contributed by atoms with van der Waals surface area (Å²) < 4.78 is 5.80. The number of para-hydroxylation sites is 2. The molecule has 29 heavy (non-hydrogen) atoms. The van der Waals surface area contributed by atoms with Crippen molar-refractivity contribution in [1.82, 2.24) is 4.98 Å². The van der Waals surface area contributed by atoms with Gasteiger partial charge in [0.15, 0.2) is 5.58 Å². The summed E-state index contributed by atoms with van der Waals surface area (Å²) in [5.74, 6) is 0.524. The van der Waals surface area contributed by atoms with Gasteiger partial charge in [0.2, 0.25) is 11.8 Å². The Kier molecular flexibility index (Phi) is 4.30. The average molecular weight is 378 g/mol. The highest BCUT2D eigenvalue weighted by Gasteiger charge is 2.10. The molecule has 5 rings (SSSR count). The van der Waals surface area contributed by atoms with Gasteiger partial charge < -0.3 is 9.73 Å². The standard InChI is InChI=1S/C25H18N2O2/c28-24(16-19-8-5-7-17-6-1-2-9-21(17)19)26-20-14-12-18(13-15-20)25-27-22-10-3-4-11-23(22)29-25/h1-15H,16H2,(H,26,28). The van der Waals surface area contributed by atoms with Crippen molar-refractivity contribution in [2.45, 2.75) is 6.42 Å². The molecule has 4 nitrogen and oxygen atoms in total. The van der Waals surface area contributed by atoms with Crippen LogP contribution in [0.5, 0.6) is 0 Å². The molecule has 0 spiro atoms. The third-order valence-corrected chi connectivity index (χ3v) is 4.94. The minimum atomic E-state index is -0.0454. The third-order valence-electron chi connectivity index (χ3n) is 4.94. The number of aromatic nitrogens is 1. The van der Waals surface area contributed by atoms with Crippen molar-refractivity contribution in [3.05, 3.63) is 96.6 Å². The van der Waals surface area contributed by atoms with Crippen molar-refractivity contribution >= 4 is 33.5 Å². The van der Waals surface area contributed by atoms with Gasteiger partial charge in [-0.3, -0.25) is 4.79 Å². The number of fused-ring (bicyclic) bond motifs is 2. The van der Waals surface area contributed by atoms with E-state index in [4.69, 9.17) is 4.42 Å². The lowest BCUT2D eigenvalue weighted by atomic mass is 10.0. The van der Waals surface area contributed by atoms with Crippen molar-refractivity contribution in [3.63, 3.8) is 0 Å². The Morgan fingerprint density at radius 3 is 2.45 bits per heavy atom. The lowest BCUT2D eigenvalue weighted by Gasteiger charge is -2.08. The number of nitrogens with one attached hydrogen (secondary N) is 1. The van der Waals surface area contributed by atoms with Crippen LogP contribution in [0.15, 0.2) is 95.4 Å². The van der Waals surface area contributed by atoms with E-state index in [0.717, 1.165) is 38.7 Å². The summed E-state index contributed by atoms with van der Waals surface area (Å²) in [6.07, 6.45) is 0.328. The van der Waals surface area contributed by atoms with Crippen LogP contribution < -0.4 is 5.32 Å². The number of carbonyl (C=O) groups excluding carboxylic acids is 1. The van der Waals surface area contributed by atoms with E-state index in [9.17, 15) is 4.79 Å². The zero-order valence-corrected chi connectivity index (χ0v) is 15.6. The van der Waals surface area contributed by atoms with Crippen LogP contribution in [0.25, 0.3) is 33.3 Å². The third kappa shape index (κ3) is 3.48. The quantitative estimate of drug-likeness (QED) is 0.428. The van der Waals surface area contributed by atoms with Gasteiger partial charge in [0.05, 0.1) is 6.42 Å². The number of oxazole rings is 1. The fourth-order valence-corrected chi connectivity index (χ4v) is 3.52. The Balaban J connectivity index is 1.32. The highest BCUT2D eigenvalue weighted by Crippen LogP contribution is 2.25. The molecule has 1 heterocycles. The second kappa shape index (κ2) is 7.24. The topological polar surface area (TPSA) is 55.1 Å². The van der Waals surface area contributed by atoms with Crippen molar-refractivity contribution < 1.29 is 9.21 Å². The molecule has 0 bridgehead atoms. The van der Waals surface area contributed by atoms with Crippen LogP contribution >= 0.6 is 0 Å². The summed E-state index contributed by atoms with van der Waals surface area (Å²) >= 11 is 0. The van der Waals surface area contributed by atoms with Crippen LogP contribution in [-0.2, 0) is 11.2 Å². The number of carbonyl (C=O) groups is 1. The molecule has 0 aliphatic heterocycles. The van der Waals surface area contributed by atoms with Crippen LogP contribution in [0.3, 0.4) is 0 Å². The molecule has 4 aromatic carbocycles. The molecule has 1 N–H and O–H groups in total. The predicted octanol–water partition coefficient (Wildman–Crippen LogP) is 5.83. The van der Waals surface area contributed by atoms with Gasteiger partial charge in [-0.15, -0.1) is 0 Å². The Labute approximate surface area is 167 Å². The monoisotopic (exact) mass is 378 g/mol. The molecule has 0 saturated heterocycles. The smallest absolute Gasteiger partial charge is 0.228 e. The molecule has 140 valence electrons. The number of benzene rings is 4. The summed E-state index contributed by atoms with van der Waals surface area (Å²) in [6, 6.07) is 29.4. The van der Waals surface area contributed by atoms with E-state index in [1.54, 1.807) is 0 Å². The number of hydrogen-bond acceptors (Lipinski definition) is 3. The molecule has 5 aromatic rings. The van der Waals surface area contributed by atoms with Crippen LogP contribution in [0.4, 0.5) is 5.69 Å². The maximum absolute atomic E-state index is 12.6. The molecule has 1 aromatic heterocycles. The molecule has 0 unspecified atom stereocenters. The minimum absolute atomic E-state index is 0.0454. The molecule has 0 aliphatic rings. The van der Waals surface area contributed by atoms with Crippen LogP contribution in [-0.4, -0.2) is 10.9 Å². The second-order valence-corrected chi connectivity index (χ2v) is 6.93. The second-order valence-electron chi connectivity index (χ2n) is 6.93. The molecule has 0 saturated carbocycles. The Hall–Kier alpha value is -3.92. The first-order chi connectivity index (χ1) is 14.3. The molecule has 0 atom stereocenters. The van der Waals surface area contributed by atoms with Crippen LogP contribution in [0, 0.1) is 0 Å². The Morgan fingerprint density at radius 1 is 0.828 bits per heavy atom. The average Bonchev–Trinajstić information content (AvgIpc) is 3.19.